The van der Waals surface area contributed by atoms with Crippen molar-refractivity contribution in [3.05, 3.63) is 40.6 Å². The van der Waals surface area contributed by atoms with E-state index in [0.29, 0.717) is 23.1 Å². The first-order valence-electron chi connectivity index (χ1n) is 9.27. The van der Waals surface area contributed by atoms with Gasteiger partial charge in [0.15, 0.2) is 0 Å². The zero-order valence-corrected chi connectivity index (χ0v) is 16.2. The molecule has 9 heteroatoms. The van der Waals surface area contributed by atoms with Gasteiger partial charge in [-0.3, -0.25) is 9.59 Å². The smallest absolute Gasteiger partial charge is 0.383 e. The van der Waals surface area contributed by atoms with Crippen molar-refractivity contribution in [2.24, 2.45) is 0 Å². The summed E-state index contributed by atoms with van der Waals surface area (Å²) in [7, 11) is 1.49. The molecular formula is C20H22F3N3O3. The molecule has 0 bridgehead atoms. The van der Waals surface area contributed by atoms with Crippen molar-refractivity contribution in [2.45, 2.75) is 31.9 Å². The molecule has 156 valence electrons. The van der Waals surface area contributed by atoms with Crippen LogP contribution in [0.1, 0.15) is 45.9 Å². The van der Waals surface area contributed by atoms with Gasteiger partial charge in [0, 0.05) is 19.0 Å². The van der Waals surface area contributed by atoms with Gasteiger partial charge in [-0.15, -0.1) is 0 Å². The Hall–Kier alpha value is -2.68. The first-order valence-corrected chi connectivity index (χ1v) is 9.27. The summed E-state index contributed by atoms with van der Waals surface area (Å²) in [5, 5.41) is 5.30. The first-order chi connectivity index (χ1) is 13.7. The Morgan fingerprint density at radius 1 is 1.21 bits per heavy atom. The maximum atomic E-state index is 13.6. The number of carbonyl (C=O) groups is 2. The van der Waals surface area contributed by atoms with Crippen molar-refractivity contribution < 1.29 is 27.5 Å². The highest BCUT2D eigenvalue weighted by atomic mass is 19.4. The van der Waals surface area contributed by atoms with Crippen LogP contribution in [0, 0.1) is 6.92 Å². The Balaban J connectivity index is 1.87. The summed E-state index contributed by atoms with van der Waals surface area (Å²) in [6.45, 7) is 1.95. The van der Waals surface area contributed by atoms with E-state index in [1.165, 1.54) is 13.2 Å². The molecule has 1 fully saturated rings. The molecule has 0 aliphatic heterocycles. The number of aromatic nitrogens is 1. The van der Waals surface area contributed by atoms with Gasteiger partial charge in [-0.25, -0.2) is 4.98 Å². The molecule has 3 rings (SSSR count). The van der Waals surface area contributed by atoms with Crippen molar-refractivity contribution in [2.75, 3.05) is 26.8 Å². The predicted octanol–water partition coefficient (Wildman–Crippen LogP) is 2.93. The summed E-state index contributed by atoms with van der Waals surface area (Å²) < 4.78 is 45.7. The fourth-order valence-electron chi connectivity index (χ4n) is 3.10. The number of benzene rings is 1. The van der Waals surface area contributed by atoms with Gasteiger partial charge in [-0.05, 0) is 55.0 Å². The first kappa shape index (κ1) is 21.0. The van der Waals surface area contributed by atoms with Crippen LogP contribution in [-0.2, 0) is 15.7 Å². The zero-order chi connectivity index (χ0) is 21.2. The minimum Gasteiger partial charge on any atom is -0.383 e. The van der Waals surface area contributed by atoms with E-state index < -0.39 is 23.6 Å². The fourth-order valence-corrected chi connectivity index (χ4v) is 3.10. The number of carbonyl (C=O) groups excluding carboxylic acids is 2. The number of pyridine rings is 1. The molecule has 2 N–H and O–H groups in total. The minimum absolute atomic E-state index is 0.152. The van der Waals surface area contributed by atoms with Crippen LogP contribution in [0.25, 0.3) is 10.9 Å². The molecule has 1 aromatic heterocycles. The molecule has 2 aromatic rings. The average molecular weight is 409 g/mol. The van der Waals surface area contributed by atoms with E-state index in [1.807, 2.05) is 0 Å². The third kappa shape index (κ3) is 5.03. The third-order valence-electron chi connectivity index (χ3n) is 4.77. The lowest BCUT2D eigenvalue weighted by molar-refractivity contribution is -0.136. The summed E-state index contributed by atoms with van der Waals surface area (Å²) in [6.07, 6.45) is -2.83. The van der Waals surface area contributed by atoms with E-state index in [9.17, 15) is 22.8 Å². The number of fused-ring (bicyclic) bond motifs is 1. The van der Waals surface area contributed by atoms with Gasteiger partial charge in [0.1, 0.15) is 5.69 Å². The number of nitrogens with zero attached hydrogens (tertiary/aromatic N) is 1. The van der Waals surface area contributed by atoms with Gasteiger partial charge in [-0.2, -0.15) is 13.2 Å². The van der Waals surface area contributed by atoms with Gasteiger partial charge in [0.05, 0.1) is 24.2 Å². The van der Waals surface area contributed by atoms with Gasteiger partial charge in [-0.1, -0.05) is 0 Å². The molecular weight excluding hydrogens is 387 g/mol. The molecule has 0 unspecified atom stereocenters. The Morgan fingerprint density at radius 2 is 1.93 bits per heavy atom. The van der Waals surface area contributed by atoms with E-state index in [2.05, 4.69) is 15.6 Å². The fraction of sp³-hybridized carbons (Fsp3) is 0.450. The molecule has 6 nitrogen and oxygen atoms in total. The number of alkyl halides is 3. The summed E-state index contributed by atoms with van der Waals surface area (Å²) in [5.74, 6) is -0.992. The summed E-state index contributed by atoms with van der Waals surface area (Å²) >= 11 is 0. The minimum atomic E-state index is -4.58. The van der Waals surface area contributed by atoms with Gasteiger partial charge in [0.2, 0.25) is 5.91 Å². The molecule has 29 heavy (non-hydrogen) atoms. The van der Waals surface area contributed by atoms with Crippen molar-refractivity contribution in [3.63, 3.8) is 0 Å². The lowest BCUT2D eigenvalue weighted by Crippen LogP contribution is -2.38. The molecule has 0 radical (unpaired) electrons. The van der Waals surface area contributed by atoms with Crippen LogP contribution in [0.5, 0.6) is 0 Å². The monoisotopic (exact) mass is 409 g/mol. The van der Waals surface area contributed by atoms with Crippen molar-refractivity contribution in [1.29, 1.82) is 0 Å². The zero-order valence-electron chi connectivity index (χ0n) is 16.2. The Labute approximate surface area is 165 Å². The van der Waals surface area contributed by atoms with Crippen LogP contribution in [0.4, 0.5) is 13.2 Å². The third-order valence-corrected chi connectivity index (χ3v) is 4.77. The SMILES string of the molecule is COCCNC(=O)CNC(=O)c1cc(C)c2cc(C3CC3)cc(C(F)(F)F)c2n1. The number of methoxy groups -OCH3 is 1. The number of hydrogen-bond donors (Lipinski definition) is 2. The molecule has 0 saturated heterocycles. The number of ether oxygens (including phenoxy) is 1. The lowest BCUT2D eigenvalue weighted by atomic mass is 9.98. The lowest BCUT2D eigenvalue weighted by Gasteiger charge is -2.15. The van der Waals surface area contributed by atoms with Gasteiger partial charge >= 0.3 is 6.18 Å². The number of nitrogens with one attached hydrogen (secondary N) is 2. The Morgan fingerprint density at radius 3 is 2.55 bits per heavy atom. The maximum absolute atomic E-state index is 13.6. The highest BCUT2D eigenvalue weighted by molar-refractivity contribution is 5.98. The summed E-state index contributed by atoms with van der Waals surface area (Å²) in [6, 6.07) is 4.31. The van der Waals surface area contributed by atoms with E-state index in [4.69, 9.17) is 4.74 Å². The van der Waals surface area contributed by atoms with Crippen LogP contribution in [0.2, 0.25) is 0 Å². The second-order valence-corrected chi connectivity index (χ2v) is 7.09. The molecule has 1 aliphatic carbocycles. The Kier molecular flexibility index (Phi) is 6.07. The number of aryl methyl sites for hydroxylation is 1. The number of amides is 2. The molecule has 1 aromatic carbocycles. The number of halogens is 3. The van der Waals surface area contributed by atoms with Crippen LogP contribution < -0.4 is 10.6 Å². The maximum Gasteiger partial charge on any atom is 0.418 e. The molecule has 1 heterocycles. The topological polar surface area (TPSA) is 80.3 Å². The summed E-state index contributed by atoms with van der Waals surface area (Å²) in [4.78, 5) is 28.0. The van der Waals surface area contributed by atoms with Crippen LogP contribution in [0.3, 0.4) is 0 Å². The highest BCUT2D eigenvalue weighted by Crippen LogP contribution is 2.44. The van der Waals surface area contributed by atoms with Crippen molar-refractivity contribution in [3.8, 4) is 0 Å². The van der Waals surface area contributed by atoms with Crippen LogP contribution in [0.15, 0.2) is 18.2 Å². The number of rotatable bonds is 7. The second kappa shape index (κ2) is 8.36. The normalized spacial score (nSPS) is 14.1. The van der Waals surface area contributed by atoms with E-state index in [1.54, 1.807) is 13.0 Å². The average Bonchev–Trinajstić information content (AvgIpc) is 3.50. The second-order valence-electron chi connectivity index (χ2n) is 7.09. The van der Waals surface area contributed by atoms with E-state index in [0.717, 1.165) is 18.9 Å². The van der Waals surface area contributed by atoms with Crippen molar-refractivity contribution in [1.82, 2.24) is 15.6 Å². The van der Waals surface area contributed by atoms with E-state index >= 15 is 0 Å². The van der Waals surface area contributed by atoms with E-state index in [-0.39, 0.29) is 30.2 Å². The Bertz CT molecular complexity index is 940. The summed E-state index contributed by atoms with van der Waals surface area (Å²) in [5.41, 5.74) is -0.0785. The van der Waals surface area contributed by atoms with Gasteiger partial charge < -0.3 is 15.4 Å². The largest absolute Gasteiger partial charge is 0.418 e. The number of hydrogen-bond acceptors (Lipinski definition) is 4. The van der Waals surface area contributed by atoms with Crippen molar-refractivity contribution >= 4 is 22.7 Å². The molecule has 1 aliphatic rings. The quantitative estimate of drug-likeness (QED) is 0.689. The molecule has 0 spiro atoms. The standard InChI is InChI=1S/C20H22F3N3O3/c1-11-7-16(19(28)25-10-17(27)24-5-6-29-2)26-18-14(11)8-13(12-3-4-12)9-15(18)20(21,22)23/h7-9,12H,3-6,10H2,1-2H3,(H,24,27)(H,25,28). The van der Waals surface area contributed by atoms with Crippen LogP contribution in [-0.4, -0.2) is 43.6 Å². The molecule has 1 saturated carbocycles. The predicted molar refractivity (Wildman–Crippen MR) is 101 cm³/mol. The molecule has 0 atom stereocenters. The van der Waals surface area contributed by atoms with Crippen LogP contribution >= 0.6 is 0 Å². The molecule has 2 amide bonds. The van der Waals surface area contributed by atoms with Gasteiger partial charge in [0.25, 0.3) is 5.91 Å². The highest BCUT2D eigenvalue weighted by Gasteiger charge is 2.36.